The number of hydrogen-bond donors (Lipinski definition) is 3. The second kappa shape index (κ2) is 4.96. The molecule has 108 valence electrons. The lowest BCUT2D eigenvalue weighted by Gasteiger charge is -2.06. The van der Waals surface area contributed by atoms with Gasteiger partial charge in [0.2, 0.25) is 0 Å². The Balaban J connectivity index is 1.89. The molecule has 7 heteroatoms. The number of benzene rings is 1. The summed E-state index contributed by atoms with van der Waals surface area (Å²) in [7, 11) is 1.82. The van der Waals surface area contributed by atoms with Crippen LogP contribution < -0.4 is 5.32 Å². The van der Waals surface area contributed by atoms with Gasteiger partial charge in [0.25, 0.3) is 0 Å². The van der Waals surface area contributed by atoms with Crippen LogP contribution in [-0.2, 0) is 0 Å². The van der Waals surface area contributed by atoms with E-state index in [1.165, 1.54) is 0 Å². The van der Waals surface area contributed by atoms with Crippen LogP contribution in [-0.4, -0.2) is 37.6 Å². The maximum Gasteiger partial charge on any atom is 0.148 e. The van der Waals surface area contributed by atoms with Crippen LogP contribution in [0.4, 0.5) is 5.82 Å². The topological polar surface area (TPSA) is 95.2 Å². The lowest BCUT2D eigenvalue weighted by Crippen LogP contribution is -1.95. The molecule has 0 saturated carbocycles. The number of aromatic nitrogens is 6. The van der Waals surface area contributed by atoms with E-state index < -0.39 is 0 Å². The number of H-pyrrole nitrogens is 2. The fraction of sp³-hybridized carbons (Fsp3) is 0.0667. The fourth-order valence-corrected chi connectivity index (χ4v) is 2.51. The normalized spacial score (nSPS) is 11.0. The molecule has 0 atom stereocenters. The van der Waals surface area contributed by atoms with Crippen LogP contribution in [0.15, 0.2) is 42.9 Å². The molecule has 0 aliphatic rings. The van der Waals surface area contributed by atoms with Gasteiger partial charge in [-0.25, -0.2) is 0 Å². The maximum absolute atomic E-state index is 4.26. The quantitative estimate of drug-likeness (QED) is 0.539. The molecule has 4 aromatic rings. The van der Waals surface area contributed by atoms with E-state index in [-0.39, 0.29) is 0 Å². The Hall–Kier alpha value is -3.22. The molecule has 0 unspecified atom stereocenters. The molecule has 0 aliphatic carbocycles. The summed E-state index contributed by atoms with van der Waals surface area (Å²) < 4.78 is 0. The van der Waals surface area contributed by atoms with E-state index >= 15 is 0 Å². The zero-order valence-electron chi connectivity index (χ0n) is 11.8. The van der Waals surface area contributed by atoms with Crippen molar-refractivity contribution in [1.29, 1.82) is 0 Å². The standard InChI is InChI=1S/C15H13N7/c1-16-14-5-4-13(20-21-14)11-3-2-10(9-6-17-18-7-9)12-8-19-22-15(11)12/h2-8H,1H3,(H,16,21)(H,17,18)(H,19,22). The molecule has 0 aliphatic heterocycles. The first-order chi connectivity index (χ1) is 10.9. The van der Waals surface area contributed by atoms with Crippen molar-refractivity contribution in [3.05, 3.63) is 42.9 Å². The molecule has 3 heterocycles. The zero-order chi connectivity index (χ0) is 14.9. The smallest absolute Gasteiger partial charge is 0.148 e. The first-order valence-electron chi connectivity index (χ1n) is 6.84. The molecule has 0 bridgehead atoms. The van der Waals surface area contributed by atoms with E-state index in [2.05, 4.69) is 35.9 Å². The maximum atomic E-state index is 4.26. The van der Waals surface area contributed by atoms with Crippen LogP contribution in [0, 0.1) is 0 Å². The third-order valence-electron chi connectivity index (χ3n) is 3.62. The molecule has 4 rings (SSSR count). The van der Waals surface area contributed by atoms with Crippen molar-refractivity contribution in [3.63, 3.8) is 0 Å². The van der Waals surface area contributed by atoms with Gasteiger partial charge in [0.1, 0.15) is 5.82 Å². The SMILES string of the molecule is CNc1ccc(-c2ccc(-c3cn[nH]c3)c3cn[nH]c23)nn1. The monoisotopic (exact) mass is 291 g/mol. The van der Waals surface area contributed by atoms with E-state index in [1.54, 1.807) is 6.20 Å². The fourth-order valence-electron chi connectivity index (χ4n) is 2.51. The van der Waals surface area contributed by atoms with Crippen LogP contribution in [0.25, 0.3) is 33.3 Å². The van der Waals surface area contributed by atoms with E-state index in [0.29, 0.717) is 0 Å². The lowest BCUT2D eigenvalue weighted by atomic mass is 10.0. The zero-order valence-corrected chi connectivity index (χ0v) is 11.8. The minimum Gasteiger partial charge on any atom is -0.372 e. The van der Waals surface area contributed by atoms with Gasteiger partial charge >= 0.3 is 0 Å². The third-order valence-corrected chi connectivity index (χ3v) is 3.62. The number of fused-ring (bicyclic) bond motifs is 1. The second-order valence-corrected chi connectivity index (χ2v) is 4.86. The van der Waals surface area contributed by atoms with E-state index in [9.17, 15) is 0 Å². The van der Waals surface area contributed by atoms with E-state index in [4.69, 9.17) is 0 Å². The van der Waals surface area contributed by atoms with Crippen LogP contribution >= 0.6 is 0 Å². The third kappa shape index (κ3) is 1.91. The number of nitrogens with zero attached hydrogens (tertiary/aromatic N) is 4. The molecule has 0 spiro atoms. The van der Waals surface area contributed by atoms with Gasteiger partial charge in [-0.3, -0.25) is 10.2 Å². The van der Waals surface area contributed by atoms with Gasteiger partial charge in [-0.2, -0.15) is 10.2 Å². The molecule has 1 aromatic carbocycles. The summed E-state index contributed by atoms with van der Waals surface area (Å²) in [5.41, 5.74) is 4.79. The molecule has 22 heavy (non-hydrogen) atoms. The Morgan fingerprint density at radius 3 is 2.59 bits per heavy atom. The minimum atomic E-state index is 0.736. The van der Waals surface area contributed by atoms with Crippen molar-refractivity contribution in [2.45, 2.75) is 0 Å². The summed E-state index contributed by atoms with van der Waals surface area (Å²) in [4.78, 5) is 0. The van der Waals surface area contributed by atoms with Crippen molar-refractivity contribution in [2.24, 2.45) is 0 Å². The van der Waals surface area contributed by atoms with Gasteiger partial charge < -0.3 is 5.32 Å². The number of nitrogens with one attached hydrogen (secondary N) is 3. The molecular formula is C15H13N7. The second-order valence-electron chi connectivity index (χ2n) is 4.86. The molecule has 7 nitrogen and oxygen atoms in total. The molecule has 3 N–H and O–H groups in total. The van der Waals surface area contributed by atoms with Gasteiger partial charge in [-0.1, -0.05) is 6.07 Å². The number of anilines is 1. The number of rotatable bonds is 3. The van der Waals surface area contributed by atoms with Crippen LogP contribution in [0.3, 0.4) is 0 Å². The highest BCUT2D eigenvalue weighted by molar-refractivity contribution is 6.01. The summed E-state index contributed by atoms with van der Waals surface area (Å²) in [6.07, 6.45) is 5.47. The van der Waals surface area contributed by atoms with Gasteiger partial charge in [-0.15, -0.1) is 10.2 Å². The minimum absolute atomic E-state index is 0.736. The molecule has 3 aromatic heterocycles. The van der Waals surface area contributed by atoms with Gasteiger partial charge in [-0.05, 0) is 23.8 Å². The number of aromatic amines is 2. The summed E-state index contributed by atoms with van der Waals surface area (Å²) in [6.45, 7) is 0. The molecular weight excluding hydrogens is 278 g/mol. The van der Waals surface area contributed by atoms with E-state index in [1.807, 2.05) is 43.7 Å². The predicted molar refractivity (Wildman–Crippen MR) is 84.2 cm³/mol. The Morgan fingerprint density at radius 2 is 1.86 bits per heavy atom. The summed E-state index contributed by atoms with van der Waals surface area (Å²) in [5.74, 6) is 0.736. The largest absolute Gasteiger partial charge is 0.372 e. The Morgan fingerprint density at radius 1 is 0.955 bits per heavy atom. The average Bonchev–Trinajstić information content (AvgIpc) is 3.25. The highest BCUT2D eigenvalue weighted by Crippen LogP contribution is 2.33. The highest BCUT2D eigenvalue weighted by Gasteiger charge is 2.12. The lowest BCUT2D eigenvalue weighted by molar-refractivity contribution is 1.04. The summed E-state index contributed by atoms with van der Waals surface area (Å²) in [6, 6.07) is 7.90. The molecule has 0 amide bonds. The Bertz CT molecular complexity index is 907. The van der Waals surface area contributed by atoms with Crippen molar-refractivity contribution >= 4 is 16.7 Å². The average molecular weight is 291 g/mol. The predicted octanol–water partition coefficient (Wildman–Crippen LogP) is 2.45. The van der Waals surface area contributed by atoms with Gasteiger partial charge in [0.15, 0.2) is 0 Å². The Labute approximate surface area is 125 Å². The van der Waals surface area contributed by atoms with Gasteiger partial charge in [0, 0.05) is 29.8 Å². The van der Waals surface area contributed by atoms with Crippen molar-refractivity contribution in [1.82, 2.24) is 30.6 Å². The van der Waals surface area contributed by atoms with E-state index in [0.717, 1.165) is 39.1 Å². The Kier molecular flexibility index (Phi) is 2.82. The molecule has 0 saturated heterocycles. The molecule has 0 fully saturated rings. The van der Waals surface area contributed by atoms with Crippen molar-refractivity contribution < 1.29 is 0 Å². The summed E-state index contributed by atoms with van der Waals surface area (Å²) >= 11 is 0. The van der Waals surface area contributed by atoms with Crippen molar-refractivity contribution in [2.75, 3.05) is 12.4 Å². The first kappa shape index (κ1) is 12.5. The van der Waals surface area contributed by atoms with Crippen LogP contribution in [0.1, 0.15) is 0 Å². The first-order valence-corrected chi connectivity index (χ1v) is 6.84. The van der Waals surface area contributed by atoms with Crippen LogP contribution in [0.2, 0.25) is 0 Å². The van der Waals surface area contributed by atoms with Crippen molar-refractivity contribution in [3.8, 4) is 22.4 Å². The summed E-state index contributed by atoms with van der Waals surface area (Å²) in [5, 5.41) is 26.4. The molecule has 0 radical (unpaired) electrons. The highest BCUT2D eigenvalue weighted by atomic mass is 15.2. The number of hydrogen-bond acceptors (Lipinski definition) is 5. The van der Waals surface area contributed by atoms with Gasteiger partial charge in [0.05, 0.1) is 23.6 Å². The van der Waals surface area contributed by atoms with Crippen LogP contribution in [0.5, 0.6) is 0 Å².